The summed E-state index contributed by atoms with van der Waals surface area (Å²) in [4.78, 5) is 17.9. The van der Waals surface area contributed by atoms with Crippen molar-refractivity contribution in [3.05, 3.63) is 87.4 Å². The highest BCUT2D eigenvalue weighted by Crippen LogP contribution is 2.50. The Kier molecular flexibility index (Phi) is 6.99. The zero-order valence-corrected chi connectivity index (χ0v) is 20.6. The predicted octanol–water partition coefficient (Wildman–Crippen LogP) is 5.66. The molecule has 5 rings (SSSR count). The van der Waals surface area contributed by atoms with Crippen LogP contribution in [-0.4, -0.2) is 23.0 Å². The van der Waals surface area contributed by atoms with Gasteiger partial charge in [-0.3, -0.25) is 9.78 Å². The second-order valence-corrected chi connectivity index (χ2v) is 10.5. The number of carbonyl (C=O) groups excluding carboxylic acids is 1. The fraction of sp³-hybridized carbons (Fsp3) is 0.385. The Morgan fingerprint density at radius 2 is 1.76 bits per heavy atom. The van der Waals surface area contributed by atoms with E-state index in [1.807, 2.05) is 30.3 Å². The number of nitrogens with zero attached hydrogens (tertiary/aromatic N) is 1. The number of alkyl halides is 6. The van der Waals surface area contributed by atoms with Gasteiger partial charge in [-0.2, -0.15) is 26.3 Å². The van der Waals surface area contributed by atoms with E-state index in [-0.39, 0.29) is 29.5 Å². The molecule has 0 saturated carbocycles. The van der Waals surface area contributed by atoms with Crippen molar-refractivity contribution < 1.29 is 35.9 Å². The molecule has 0 spiro atoms. The first-order valence-electron chi connectivity index (χ1n) is 11.8. The van der Waals surface area contributed by atoms with Crippen molar-refractivity contribution in [3.8, 4) is 0 Å². The molecule has 2 bridgehead atoms. The Morgan fingerprint density at radius 1 is 1.08 bits per heavy atom. The van der Waals surface area contributed by atoms with Gasteiger partial charge in [-0.1, -0.05) is 30.3 Å². The molecule has 38 heavy (non-hydrogen) atoms. The van der Waals surface area contributed by atoms with E-state index in [1.165, 1.54) is 11.3 Å². The molecule has 2 N–H and O–H groups in total. The van der Waals surface area contributed by atoms with Crippen LogP contribution in [0, 0.1) is 5.92 Å². The zero-order chi connectivity index (χ0) is 27.1. The molecule has 5 nitrogen and oxygen atoms in total. The summed E-state index contributed by atoms with van der Waals surface area (Å²) in [5.41, 5.74) is -1.29. The summed E-state index contributed by atoms with van der Waals surface area (Å²) < 4.78 is 85.8. The van der Waals surface area contributed by atoms with Gasteiger partial charge < -0.3 is 15.4 Å². The monoisotopic (exact) mass is 555 g/mol. The van der Waals surface area contributed by atoms with Crippen LogP contribution in [0.3, 0.4) is 0 Å². The Morgan fingerprint density at radius 3 is 2.37 bits per heavy atom. The summed E-state index contributed by atoms with van der Waals surface area (Å²) in [6, 6.07) is 10.4. The fourth-order valence-corrected chi connectivity index (χ4v) is 5.94. The molecule has 2 saturated heterocycles. The zero-order valence-electron chi connectivity index (χ0n) is 19.8. The maximum Gasteiger partial charge on any atom is 0.416 e. The Bertz CT molecular complexity index is 1250. The number of halogens is 6. The molecule has 3 aromatic rings. The molecule has 202 valence electrons. The Hall–Kier alpha value is -2.96. The first-order valence-corrected chi connectivity index (χ1v) is 12.7. The van der Waals surface area contributed by atoms with E-state index < -0.39 is 41.7 Å². The molecule has 0 radical (unpaired) electrons. The standard InChI is InChI=1S/C26H23F6N3O2S/c27-25(28,29)17-6-15(7-18(8-17)26(30,31)32)13-37-22-9-21-20(23(36)34-12-19-11-33-14-38-19)10-24(22,35-21)16-4-2-1-3-5-16/h1-8,11,14,20-22,35H,9-10,12-13H2,(H,34,36). The maximum absolute atomic E-state index is 13.3. The summed E-state index contributed by atoms with van der Waals surface area (Å²) in [6.45, 7) is -0.0923. The van der Waals surface area contributed by atoms with Crippen LogP contribution in [0.1, 0.15) is 40.0 Å². The van der Waals surface area contributed by atoms with E-state index in [9.17, 15) is 31.1 Å². The van der Waals surface area contributed by atoms with Crippen LogP contribution >= 0.6 is 11.3 Å². The molecule has 1 amide bonds. The summed E-state index contributed by atoms with van der Waals surface area (Å²) >= 11 is 1.43. The molecule has 2 fully saturated rings. The first-order chi connectivity index (χ1) is 18.0. The number of thiazole rings is 1. The van der Waals surface area contributed by atoms with Crippen LogP contribution in [-0.2, 0) is 40.6 Å². The number of nitrogens with one attached hydrogen (secondary N) is 2. The van der Waals surface area contributed by atoms with E-state index in [1.54, 1.807) is 11.7 Å². The van der Waals surface area contributed by atoms with Crippen molar-refractivity contribution in [1.82, 2.24) is 15.6 Å². The number of hydrogen-bond donors (Lipinski definition) is 2. The molecule has 2 aliphatic rings. The number of benzene rings is 2. The predicted molar refractivity (Wildman–Crippen MR) is 127 cm³/mol. The average molecular weight is 556 g/mol. The molecule has 2 aromatic carbocycles. The van der Waals surface area contributed by atoms with Crippen molar-refractivity contribution in [2.45, 2.75) is 56.0 Å². The van der Waals surface area contributed by atoms with Gasteiger partial charge in [0, 0.05) is 17.1 Å². The van der Waals surface area contributed by atoms with E-state index in [0.29, 0.717) is 31.5 Å². The third-order valence-corrected chi connectivity index (χ3v) is 7.91. The molecule has 4 atom stereocenters. The SMILES string of the molecule is O=C(NCc1cncs1)C1CC2(c3ccccc3)NC1CC2OCc1cc(C(F)(F)F)cc(C(F)(F)F)c1. The van der Waals surface area contributed by atoms with Gasteiger partial charge in [0.15, 0.2) is 0 Å². The molecule has 4 unspecified atom stereocenters. The van der Waals surface area contributed by atoms with E-state index >= 15 is 0 Å². The number of aromatic nitrogens is 1. The van der Waals surface area contributed by atoms with Crippen LogP contribution in [0.25, 0.3) is 0 Å². The minimum Gasteiger partial charge on any atom is -0.371 e. The third-order valence-electron chi connectivity index (χ3n) is 7.13. The lowest BCUT2D eigenvalue weighted by Crippen LogP contribution is -2.45. The summed E-state index contributed by atoms with van der Waals surface area (Å²) in [5.74, 6) is -0.520. The third kappa shape index (κ3) is 5.29. The Balaban J connectivity index is 1.36. The van der Waals surface area contributed by atoms with Crippen LogP contribution < -0.4 is 10.6 Å². The fourth-order valence-electron chi connectivity index (χ4n) is 5.40. The molecular formula is C26H23F6N3O2S. The summed E-state index contributed by atoms with van der Waals surface area (Å²) in [5, 5.41) is 6.42. The number of fused-ring (bicyclic) bond motifs is 2. The lowest BCUT2D eigenvalue weighted by molar-refractivity contribution is -0.143. The van der Waals surface area contributed by atoms with Gasteiger partial charge in [-0.25, -0.2) is 0 Å². The van der Waals surface area contributed by atoms with E-state index in [0.717, 1.165) is 10.4 Å². The average Bonchev–Trinajstić information content (AvgIpc) is 3.61. The van der Waals surface area contributed by atoms with Gasteiger partial charge in [0.05, 0.1) is 47.3 Å². The van der Waals surface area contributed by atoms with Crippen LogP contribution in [0.5, 0.6) is 0 Å². The maximum atomic E-state index is 13.3. The number of hydrogen-bond acceptors (Lipinski definition) is 5. The highest BCUT2D eigenvalue weighted by Gasteiger charge is 2.59. The van der Waals surface area contributed by atoms with Gasteiger partial charge in [-0.15, -0.1) is 11.3 Å². The Labute approximate surface area is 218 Å². The minimum atomic E-state index is -4.94. The first kappa shape index (κ1) is 26.6. The molecular weight excluding hydrogens is 532 g/mol. The highest BCUT2D eigenvalue weighted by atomic mass is 32.1. The van der Waals surface area contributed by atoms with Crippen molar-refractivity contribution in [2.24, 2.45) is 5.92 Å². The topological polar surface area (TPSA) is 63.2 Å². The highest BCUT2D eigenvalue weighted by molar-refractivity contribution is 7.09. The smallest absolute Gasteiger partial charge is 0.371 e. The molecule has 2 aliphatic heterocycles. The minimum absolute atomic E-state index is 0.101. The quantitative estimate of drug-likeness (QED) is 0.370. The van der Waals surface area contributed by atoms with Gasteiger partial charge >= 0.3 is 12.4 Å². The lowest BCUT2D eigenvalue weighted by atomic mass is 9.74. The number of rotatable bonds is 7. The van der Waals surface area contributed by atoms with Crippen LogP contribution in [0.2, 0.25) is 0 Å². The van der Waals surface area contributed by atoms with Crippen molar-refractivity contribution >= 4 is 17.2 Å². The molecule has 1 aromatic heterocycles. The van der Waals surface area contributed by atoms with E-state index in [2.05, 4.69) is 15.6 Å². The normalized spacial score (nSPS) is 25.1. The second-order valence-electron chi connectivity index (χ2n) is 9.53. The molecule has 0 aliphatic carbocycles. The summed E-state index contributed by atoms with van der Waals surface area (Å²) in [7, 11) is 0. The van der Waals surface area contributed by atoms with Gasteiger partial charge in [0.2, 0.25) is 5.91 Å². The van der Waals surface area contributed by atoms with E-state index in [4.69, 9.17) is 4.74 Å². The van der Waals surface area contributed by atoms with Gasteiger partial charge in [0.25, 0.3) is 0 Å². The van der Waals surface area contributed by atoms with Crippen molar-refractivity contribution in [2.75, 3.05) is 0 Å². The number of amides is 1. The van der Waals surface area contributed by atoms with Gasteiger partial charge in [-0.05, 0) is 42.2 Å². The lowest BCUT2D eigenvalue weighted by Gasteiger charge is -2.36. The molecule has 3 heterocycles. The molecule has 12 heteroatoms. The van der Waals surface area contributed by atoms with Crippen LogP contribution in [0.15, 0.2) is 60.2 Å². The summed E-state index contributed by atoms with van der Waals surface area (Å²) in [6.07, 6.45) is -8.01. The van der Waals surface area contributed by atoms with Crippen molar-refractivity contribution in [1.29, 1.82) is 0 Å². The van der Waals surface area contributed by atoms with Gasteiger partial charge in [0.1, 0.15) is 0 Å². The second kappa shape index (κ2) is 9.97. The van der Waals surface area contributed by atoms with Crippen molar-refractivity contribution in [3.63, 3.8) is 0 Å². The van der Waals surface area contributed by atoms with Crippen LogP contribution in [0.4, 0.5) is 26.3 Å². The number of carbonyl (C=O) groups is 1. The largest absolute Gasteiger partial charge is 0.416 e. The number of ether oxygens (including phenoxy) is 1.